The lowest BCUT2D eigenvalue weighted by Crippen LogP contribution is -2.45. The highest BCUT2D eigenvalue weighted by molar-refractivity contribution is 6.05. The third kappa shape index (κ3) is 9.09. The average molecular weight is 646 g/mol. The molecule has 0 heterocycles. The maximum absolute atomic E-state index is 13.6. The largest absolute Gasteiger partial charge is 0.478 e. The Kier molecular flexibility index (Phi) is 11.2. The van der Waals surface area contributed by atoms with Gasteiger partial charge in [-0.3, -0.25) is 4.79 Å². The molecular formula is C35H39N3O9. The van der Waals surface area contributed by atoms with Gasteiger partial charge >= 0.3 is 24.1 Å². The number of amides is 3. The van der Waals surface area contributed by atoms with E-state index in [2.05, 4.69) is 16.0 Å². The molecule has 0 fully saturated rings. The van der Waals surface area contributed by atoms with Crippen LogP contribution in [-0.4, -0.2) is 66.5 Å². The van der Waals surface area contributed by atoms with Crippen LogP contribution in [0.1, 0.15) is 78.3 Å². The van der Waals surface area contributed by atoms with E-state index in [4.69, 9.17) is 14.2 Å². The van der Waals surface area contributed by atoms with Gasteiger partial charge in [0.05, 0.1) is 23.4 Å². The Morgan fingerprint density at radius 1 is 0.872 bits per heavy atom. The molecule has 47 heavy (non-hydrogen) atoms. The van der Waals surface area contributed by atoms with E-state index in [1.54, 1.807) is 27.7 Å². The topological polar surface area (TPSA) is 169 Å². The van der Waals surface area contributed by atoms with E-state index in [0.29, 0.717) is 0 Å². The van der Waals surface area contributed by atoms with Crippen molar-refractivity contribution in [1.82, 2.24) is 10.6 Å². The fourth-order valence-electron chi connectivity index (χ4n) is 5.25. The summed E-state index contributed by atoms with van der Waals surface area (Å²) in [7, 11) is 0. The summed E-state index contributed by atoms with van der Waals surface area (Å²) in [5.41, 5.74) is 3.15. The number of fused-ring (bicyclic) bond motifs is 3. The average Bonchev–Trinajstić information content (AvgIpc) is 3.34. The van der Waals surface area contributed by atoms with Gasteiger partial charge in [-0.05, 0) is 81.0 Å². The molecule has 1 unspecified atom stereocenters. The van der Waals surface area contributed by atoms with E-state index in [-0.39, 0.29) is 55.3 Å². The lowest BCUT2D eigenvalue weighted by atomic mass is 9.98. The Bertz CT molecular complexity index is 1600. The van der Waals surface area contributed by atoms with Crippen molar-refractivity contribution >= 4 is 35.7 Å². The molecule has 0 bridgehead atoms. The van der Waals surface area contributed by atoms with Gasteiger partial charge in [0.15, 0.2) is 0 Å². The van der Waals surface area contributed by atoms with Crippen molar-refractivity contribution in [2.75, 3.05) is 25.1 Å². The van der Waals surface area contributed by atoms with Crippen LogP contribution < -0.4 is 16.0 Å². The number of rotatable bonds is 12. The Balaban J connectivity index is 1.49. The summed E-state index contributed by atoms with van der Waals surface area (Å²) in [5.74, 6) is -2.96. The number of carbonyl (C=O) groups is 5. The smallest absolute Gasteiger partial charge is 0.407 e. The minimum Gasteiger partial charge on any atom is -0.478 e. The molecule has 1 aliphatic rings. The molecule has 0 spiro atoms. The first-order chi connectivity index (χ1) is 22.4. The Labute approximate surface area is 272 Å². The normalized spacial score (nSPS) is 12.6. The summed E-state index contributed by atoms with van der Waals surface area (Å²) < 4.78 is 15.9. The number of aromatic carboxylic acids is 1. The summed E-state index contributed by atoms with van der Waals surface area (Å²) in [6.45, 7) is 7.01. The first-order valence-electron chi connectivity index (χ1n) is 15.3. The van der Waals surface area contributed by atoms with Gasteiger partial charge < -0.3 is 35.3 Å². The molecule has 3 aromatic rings. The molecule has 4 N–H and O–H groups in total. The second-order valence-corrected chi connectivity index (χ2v) is 11.9. The van der Waals surface area contributed by atoms with Crippen LogP contribution in [0.3, 0.4) is 0 Å². The second kappa shape index (κ2) is 15.3. The summed E-state index contributed by atoms with van der Waals surface area (Å²) in [4.78, 5) is 63.0. The molecule has 12 heteroatoms. The number of nitrogens with one attached hydrogen (secondary N) is 3. The van der Waals surface area contributed by atoms with E-state index in [0.717, 1.165) is 28.3 Å². The van der Waals surface area contributed by atoms with Gasteiger partial charge in [0.1, 0.15) is 18.2 Å². The number of hydrogen-bond donors (Lipinski definition) is 4. The molecule has 0 saturated carbocycles. The predicted octanol–water partition coefficient (Wildman–Crippen LogP) is 5.71. The lowest BCUT2D eigenvalue weighted by molar-refractivity contribution is -0.118. The van der Waals surface area contributed by atoms with Gasteiger partial charge in [-0.25, -0.2) is 19.2 Å². The quantitative estimate of drug-likeness (QED) is 0.109. The van der Waals surface area contributed by atoms with Gasteiger partial charge in [-0.15, -0.1) is 0 Å². The van der Waals surface area contributed by atoms with Gasteiger partial charge in [0, 0.05) is 12.5 Å². The van der Waals surface area contributed by atoms with E-state index in [1.165, 1.54) is 12.1 Å². The van der Waals surface area contributed by atoms with Crippen LogP contribution in [0.4, 0.5) is 15.3 Å². The van der Waals surface area contributed by atoms with E-state index in [1.807, 2.05) is 48.5 Å². The minimum atomic E-state index is -1.27. The third-order valence-electron chi connectivity index (χ3n) is 7.31. The van der Waals surface area contributed by atoms with Gasteiger partial charge in [-0.2, -0.15) is 0 Å². The van der Waals surface area contributed by atoms with E-state index >= 15 is 0 Å². The number of carbonyl (C=O) groups excluding carboxylic acids is 4. The molecule has 1 atom stereocenters. The number of carboxylic acid groups (broad SMARTS) is 1. The zero-order valence-electron chi connectivity index (χ0n) is 26.8. The highest BCUT2D eigenvalue weighted by Crippen LogP contribution is 2.44. The molecule has 248 valence electrons. The van der Waals surface area contributed by atoms with Crippen LogP contribution in [0.15, 0.2) is 66.7 Å². The number of benzene rings is 3. The maximum atomic E-state index is 13.6. The van der Waals surface area contributed by atoms with Crippen molar-refractivity contribution in [2.24, 2.45) is 0 Å². The number of ether oxygens (including phenoxy) is 3. The zero-order valence-corrected chi connectivity index (χ0v) is 26.8. The summed E-state index contributed by atoms with van der Waals surface area (Å²) in [6, 6.07) is 18.2. The molecule has 0 saturated heterocycles. The molecule has 0 aliphatic heterocycles. The van der Waals surface area contributed by atoms with Crippen LogP contribution in [-0.2, 0) is 19.0 Å². The predicted molar refractivity (Wildman–Crippen MR) is 173 cm³/mol. The van der Waals surface area contributed by atoms with Crippen molar-refractivity contribution < 1.29 is 43.3 Å². The Morgan fingerprint density at radius 2 is 1.51 bits per heavy atom. The molecule has 0 aromatic heterocycles. The van der Waals surface area contributed by atoms with Crippen LogP contribution in [0.2, 0.25) is 0 Å². The highest BCUT2D eigenvalue weighted by atomic mass is 16.6. The van der Waals surface area contributed by atoms with Gasteiger partial charge in [0.2, 0.25) is 5.91 Å². The Hall–Kier alpha value is -5.39. The molecule has 1 aliphatic carbocycles. The number of carboxylic acids is 1. The second-order valence-electron chi connectivity index (χ2n) is 11.9. The molecule has 12 nitrogen and oxygen atoms in total. The van der Waals surface area contributed by atoms with Crippen molar-refractivity contribution in [1.29, 1.82) is 0 Å². The first kappa shape index (κ1) is 34.5. The third-order valence-corrected chi connectivity index (χ3v) is 7.31. The zero-order chi connectivity index (χ0) is 34.1. The molecule has 4 rings (SSSR count). The molecule has 3 aromatic carbocycles. The number of hydrogen-bond acceptors (Lipinski definition) is 8. The van der Waals surface area contributed by atoms with E-state index < -0.39 is 41.7 Å². The maximum Gasteiger partial charge on any atom is 0.407 e. The summed E-state index contributed by atoms with van der Waals surface area (Å²) >= 11 is 0. The minimum absolute atomic E-state index is 0.0159. The van der Waals surface area contributed by atoms with Crippen molar-refractivity contribution in [2.45, 2.75) is 58.1 Å². The van der Waals surface area contributed by atoms with Crippen molar-refractivity contribution in [3.05, 3.63) is 89.0 Å². The van der Waals surface area contributed by atoms with Crippen molar-refractivity contribution in [3.63, 3.8) is 0 Å². The first-order valence-corrected chi connectivity index (χ1v) is 15.3. The number of anilines is 1. The molecular weight excluding hydrogens is 606 g/mol. The number of alkyl carbamates (subject to hydrolysis) is 2. The van der Waals surface area contributed by atoms with Crippen LogP contribution >= 0.6 is 0 Å². The number of esters is 1. The van der Waals surface area contributed by atoms with Gasteiger partial charge in [0.25, 0.3) is 0 Å². The highest BCUT2D eigenvalue weighted by Gasteiger charge is 2.30. The van der Waals surface area contributed by atoms with Crippen LogP contribution in [0.25, 0.3) is 11.1 Å². The monoisotopic (exact) mass is 645 g/mol. The summed E-state index contributed by atoms with van der Waals surface area (Å²) in [6.07, 6.45) is -1.18. The van der Waals surface area contributed by atoms with Crippen LogP contribution in [0.5, 0.6) is 0 Å². The summed E-state index contributed by atoms with van der Waals surface area (Å²) in [5, 5.41) is 17.3. The SMILES string of the molecule is CCOC(=O)c1ccc(C(=O)O)cc1NC(=O)C(CCCNC(=O)OC(C)(C)C)NC(=O)OCC1c2ccccc2-c2ccccc21. The fraction of sp³-hybridized carbons (Fsp3) is 0.343. The fourth-order valence-corrected chi connectivity index (χ4v) is 5.25. The standard InChI is InChI=1S/C35H39N3O9/c1-5-45-32(42)26-17-16-21(31(40)41)19-29(26)37-30(39)28(15-10-18-36-33(43)47-35(2,3)4)38-34(44)46-20-27-24-13-8-6-11-22(24)23-12-7-9-14-25(23)27/h6-9,11-14,16-17,19,27-28H,5,10,15,18,20H2,1-4H3,(H,36,43)(H,37,39)(H,38,44)(H,40,41). The van der Waals surface area contributed by atoms with Gasteiger partial charge in [-0.1, -0.05) is 48.5 Å². The molecule has 3 amide bonds. The van der Waals surface area contributed by atoms with Crippen LogP contribution in [0, 0.1) is 0 Å². The van der Waals surface area contributed by atoms with Crippen molar-refractivity contribution in [3.8, 4) is 11.1 Å². The Morgan fingerprint density at radius 3 is 2.11 bits per heavy atom. The van der Waals surface area contributed by atoms with E-state index in [9.17, 15) is 29.1 Å². The lowest BCUT2D eigenvalue weighted by Gasteiger charge is -2.21. The molecule has 0 radical (unpaired) electrons.